The summed E-state index contributed by atoms with van der Waals surface area (Å²) in [6.07, 6.45) is 3.52. The van der Waals surface area contributed by atoms with Gasteiger partial charge in [-0.1, -0.05) is 0 Å². The first-order valence-electron chi connectivity index (χ1n) is 5.55. The van der Waals surface area contributed by atoms with Gasteiger partial charge in [-0.15, -0.1) is 0 Å². The third kappa shape index (κ3) is 1.78. The van der Waals surface area contributed by atoms with E-state index in [0.29, 0.717) is 18.4 Å². The zero-order valence-electron chi connectivity index (χ0n) is 8.61. The van der Waals surface area contributed by atoms with Crippen molar-refractivity contribution >= 4 is 5.97 Å². The molecule has 1 N–H and O–H groups in total. The molecule has 0 aromatic carbocycles. The van der Waals surface area contributed by atoms with Crippen LogP contribution in [0.3, 0.4) is 0 Å². The summed E-state index contributed by atoms with van der Waals surface area (Å²) < 4.78 is 5.02. The second-order valence-corrected chi connectivity index (χ2v) is 4.57. The van der Waals surface area contributed by atoms with Crippen LogP contribution in [0.15, 0.2) is 0 Å². The summed E-state index contributed by atoms with van der Waals surface area (Å²) in [7, 11) is 0. The largest absolute Gasteiger partial charge is 0.466 e. The van der Waals surface area contributed by atoms with E-state index < -0.39 is 0 Å². The van der Waals surface area contributed by atoms with Gasteiger partial charge in [0, 0.05) is 0 Å². The summed E-state index contributed by atoms with van der Waals surface area (Å²) >= 11 is 0. The van der Waals surface area contributed by atoms with E-state index in [-0.39, 0.29) is 18.0 Å². The first-order chi connectivity index (χ1) is 6.70. The molecule has 0 radical (unpaired) electrons. The zero-order chi connectivity index (χ0) is 10.1. The van der Waals surface area contributed by atoms with E-state index in [9.17, 15) is 9.90 Å². The molecule has 2 fully saturated rings. The van der Waals surface area contributed by atoms with Gasteiger partial charge in [0.1, 0.15) is 0 Å². The molecular formula is C11H18O3. The molecule has 3 nitrogen and oxygen atoms in total. The van der Waals surface area contributed by atoms with Crippen LogP contribution in [0.2, 0.25) is 0 Å². The van der Waals surface area contributed by atoms with Crippen molar-refractivity contribution < 1.29 is 14.6 Å². The number of esters is 1. The highest BCUT2D eigenvalue weighted by atomic mass is 16.5. The first-order valence-corrected chi connectivity index (χ1v) is 5.55. The van der Waals surface area contributed by atoms with E-state index in [2.05, 4.69) is 0 Å². The molecule has 3 heteroatoms. The quantitative estimate of drug-likeness (QED) is 0.681. The lowest BCUT2D eigenvalue weighted by molar-refractivity contribution is -0.148. The van der Waals surface area contributed by atoms with Crippen LogP contribution < -0.4 is 0 Å². The first kappa shape index (κ1) is 9.97. The van der Waals surface area contributed by atoms with E-state index in [4.69, 9.17) is 4.74 Å². The van der Waals surface area contributed by atoms with Gasteiger partial charge in [-0.2, -0.15) is 0 Å². The van der Waals surface area contributed by atoms with Crippen molar-refractivity contribution in [2.24, 2.45) is 17.8 Å². The average molecular weight is 198 g/mol. The second-order valence-electron chi connectivity index (χ2n) is 4.57. The number of hydrogen-bond acceptors (Lipinski definition) is 3. The lowest BCUT2D eigenvalue weighted by Gasteiger charge is -2.10. The summed E-state index contributed by atoms with van der Waals surface area (Å²) in [5.41, 5.74) is 0. The Morgan fingerprint density at radius 1 is 1.29 bits per heavy atom. The minimum atomic E-state index is -0.117. The van der Waals surface area contributed by atoms with Crippen molar-refractivity contribution in [1.82, 2.24) is 0 Å². The maximum atomic E-state index is 11.5. The van der Waals surface area contributed by atoms with E-state index in [0.717, 1.165) is 25.7 Å². The molecule has 0 amide bonds. The van der Waals surface area contributed by atoms with Crippen LogP contribution >= 0.6 is 0 Å². The number of carbonyl (C=O) groups excluding carboxylic acids is 1. The predicted octanol–water partition coefficient (Wildman–Crippen LogP) is 1.35. The van der Waals surface area contributed by atoms with E-state index in [1.165, 1.54) is 0 Å². The van der Waals surface area contributed by atoms with Crippen LogP contribution in [-0.4, -0.2) is 23.8 Å². The van der Waals surface area contributed by atoms with Crippen molar-refractivity contribution in [2.75, 3.05) is 6.61 Å². The topological polar surface area (TPSA) is 46.5 Å². The Bertz CT molecular complexity index is 213. The normalized spacial score (nSPS) is 41.0. The number of carbonyl (C=O) groups is 1. The summed E-state index contributed by atoms with van der Waals surface area (Å²) in [4.78, 5) is 11.5. The summed E-state index contributed by atoms with van der Waals surface area (Å²) in [5, 5.41) is 9.45. The molecule has 0 heterocycles. The van der Waals surface area contributed by atoms with Gasteiger partial charge in [0.2, 0.25) is 0 Å². The molecule has 0 aromatic rings. The molecule has 2 atom stereocenters. The minimum absolute atomic E-state index is 0.0311. The maximum Gasteiger partial charge on any atom is 0.308 e. The lowest BCUT2D eigenvalue weighted by atomic mass is 10.0. The lowest BCUT2D eigenvalue weighted by Crippen LogP contribution is -2.16. The molecule has 0 aromatic heterocycles. The summed E-state index contributed by atoms with van der Waals surface area (Å²) in [6.45, 7) is 2.32. The van der Waals surface area contributed by atoms with Crippen molar-refractivity contribution in [2.45, 2.75) is 38.7 Å². The predicted molar refractivity (Wildman–Crippen MR) is 51.6 cm³/mol. The monoisotopic (exact) mass is 198 g/mol. The molecule has 2 aliphatic carbocycles. The molecule has 0 bridgehead atoms. The van der Waals surface area contributed by atoms with Gasteiger partial charge in [-0.05, 0) is 44.4 Å². The van der Waals surface area contributed by atoms with Gasteiger partial charge in [0.15, 0.2) is 0 Å². The highest BCUT2D eigenvalue weighted by molar-refractivity contribution is 5.72. The van der Waals surface area contributed by atoms with Gasteiger partial charge in [0.25, 0.3) is 0 Å². The Hall–Kier alpha value is -0.570. The van der Waals surface area contributed by atoms with Crippen molar-refractivity contribution in [3.63, 3.8) is 0 Å². The Balaban J connectivity index is 1.88. The van der Waals surface area contributed by atoms with Crippen LogP contribution in [0.25, 0.3) is 0 Å². The molecule has 14 heavy (non-hydrogen) atoms. The average Bonchev–Trinajstić information content (AvgIpc) is 2.61. The highest BCUT2D eigenvalue weighted by Crippen LogP contribution is 2.47. The van der Waals surface area contributed by atoms with Crippen molar-refractivity contribution in [3.05, 3.63) is 0 Å². The van der Waals surface area contributed by atoms with Crippen LogP contribution in [0.5, 0.6) is 0 Å². The molecule has 2 saturated carbocycles. The molecule has 2 aliphatic rings. The third-order valence-corrected chi connectivity index (χ3v) is 3.61. The number of fused-ring (bicyclic) bond motifs is 1. The maximum absolute atomic E-state index is 11.5. The van der Waals surface area contributed by atoms with Crippen LogP contribution in [0.4, 0.5) is 0 Å². The van der Waals surface area contributed by atoms with Crippen LogP contribution in [-0.2, 0) is 9.53 Å². The summed E-state index contributed by atoms with van der Waals surface area (Å²) in [5.74, 6) is 1.22. The molecule has 0 saturated heterocycles. The fourth-order valence-electron chi connectivity index (χ4n) is 3.04. The van der Waals surface area contributed by atoms with Crippen LogP contribution in [0.1, 0.15) is 32.6 Å². The minimum Gasteiger partial charge on any atom is -0.466 e. The van der Waals surface area contributed by atoms with Crippen molar-refractivity contribution in [3.8, 4) is 0 Å². The molecule has 0 spiro atoms. The van der Waals surface area contributed by atoms with Gasteiger partial charge >= 0.3 is 5.97 Å². The number of rotatable bonds is 2. The highest BCUT2D eigenvalue weighted by Gasteiger charge is 2.43. The smallest absolute Gasteiger partial charge is 0.308 e. The van der Waals surface area contributed by atoms with Gasteiger partial charge in [0.05, 0.1) is 18.6 Å². The number of aliphatic hydroxyl groups excluding tert-OH is 1. The summed E-state index contributed by atoms with van der Waals surface area (Å²) in [6, 6.07) is 0. The Morgan fingerprint density at radius 2 is 1.86 bits per heavy atom. The van der Waals surface area contributed by atoms with E-state index >= 15 is 0 Å². The van der Waals surface area contributed by atoms with E-state index in [1.807, 2.05) is 6.92 Å². The Labute approximate surface area is 84.4 Å². The Morgan fingerprint density at radius 3 is 2.36 bits per heavy atom. The molecule has 2 unspecified atom stereocenters. The Kier molecular flexibility index (Phi) is 2.77. The fourth-order valence-corrected chi connectivity index (χ4v) is 3.04. The van der Waals surface area contributed by atoms with E-state index in [1.54, 1.807) is 0 Å². The zero-order valence-corrected chi connectivity index (χ0v) is 8.61. The fraction of sp³-hybridized carbons (Fsp3) is 0.909. The number of hydrogen-bond donors (Lipinski definition) is 1. The van der Waals surface area contributed by atoms with Crippen molar-refractivity contribution in [1.29, 1.82) is 0 Å². The van der Waals surface area contributed by atoms with Gasteiger partial charge in [-0.3, -0.25) is 4.79 Å². The van der Waals surface area contributed by atoms with Crippen LogP contribution in [0, 0.1) is 17.8 Å². The van der Waals surface area contributed by atoms with Gasteiger partial charge in [-0.25, -0.2) is 0 Å². The molecule has 80 valence electrons. The standard InChI is InChI=1S/C11H18O3/c1-2-14-11(13)9-3-7-5-10(12)6-8(7)4-9/h7-10,12H,2-6H2,1H3. The second kappa shape index (κ2) is 3.89. The third-order valence-electron chi connectivity index (χ3n) is 3.61. The molecule has 2 rings (SSSR count). The van der Waals surface area contributed by atoms with Gasteiger partial charge < -0.3 is 9.84 Å². The molecule has 0 aliphatic heterocycles. The number of ether oxygens (including phenoxy) is 1. The number of aliphatic hydroxyl groups is 1. The molecular weight excluding hydrogens is 180 g/mol. The SMILES string of the molecule is CCOC(=O)C1CC2CC(O)CC2C1.